The van der Waals surface area contributed by atoms with E-state index < -0.39 is 5.60 Å². The zero-order valence-corrected chi connectivity index (χ0v) is 22.1. The number of ether oxygens (including phenoxy) is 1. The first-order valence-corrected chi connectivity index (χ1v) is 12.9. The van der Waals surface area contributed by atoms with Crippen LogP contribution in [0.15, 0.2) is 53.2 Å². The van der Waals surface area contributed by atoms with Crippen molar-refractivity contribution in [2.24, 2.45) is 0 Å². The Labute approximate surface area is 220 Å². The number of fused-ring (bicyclic) bond motifs is 2. The number of hydrogen-bond donors (Lipinski definition) is 1. The zero-order valence-electron chi connectivity index (χ0n) is 20.6. The summed E-state index contributed by atoms with van der Waals surface area (Å²) in [4.78, 5) is 18.9. The van der Waals surface area contributed by atoms with Crippen LogP contribution in [0.5, 0.6) is 0 Å². The minimum atomic E-state index is -0.506. The van der Waals surface area contributed by atoms with Crippen LogP contribution < -0.4 is 5.32 Å². The molecule has 36 heavy (non-hydrogen) atoms. The number of nitrogens with one attached hydrogen (secondary N) is 1. The molecular weight excluding hydrogens is 497 g/mol. The second-order valence-electron chi connectivity index (χ2n) is 10.3. The molecule has 3 heterocycles. The number of piperidine rings is 1. The highest BCUT2D eigenvalue weighted by Crippen LogP contribution is 2.39. The second kappa shape index (κ2) is 9.92. The third-order valence-electron chi connectivity index (χ3n) is 6.41. The van der Waals surface area contributed by atoms with Crippen molar-refractivity contribution >= 4 is 51.0 Å². The van der Waals surface area contributed by atoms with Crippen LogP contribution in [0.1, 0.15) is 39.2 Å². The summed E-state index contributed by atoms with van der Waals surface area (Å²) in [6, 6.07) is 12.1. The van der Waals surface area contributed by atoms with Gasteiger partial charge in [0.2, 0.25) is 0 Å². The summed E-state index contributed by atoms with van der Waals surface area (Å²) in [5, 5.41) is 6.81. The molecule has 1 aliphatic heterocycles. The Morgan fingerprint density at radius 1 is 1.11 bits per heavy atom. The number of amides is 1. The molecule has 0 aliphatic carbocycles. The van der Waals surface area contributed by atoms with Crippen LogP contribution in [-0.2, 0) is 11.3 Å². The van der Waals surface area contributed by atoms with Gasteiger partial charge in [-0.1, -0.05) is 41.4 Å². The Balaban J connectivity index is 1.36. The van der Waals surface area contributed by atoms with Crippen LogP contribution in [0.2, 0.25) is 10.0 Å². The lowest BCUT2D eigenvalue weighted by molar-refractivity contribution is 0.0477. The lowest BCUT2D eigenvalue weighted by atomic mass is 10.0. The third kappa shape index (κ3) is 5.31. The number of rotatable bonds is 4. The molecule has 4 aromatic rings. The molecule has 0 radical (unpaired) electrons. The average Bonchev–Trinajstić information content (AvgIpc) is 3.26. The Morgan fingerprint density at radius 2 is 1.86 bits per heavy atom. The molecule has 2 aromatic heterocycles. The van der Waals surface area contributed by atoms with Gasteiger partial charge in [-0.15, -0.1) is 0 Å². The smallest absolute Gasteiger partial charge is 0.407 e. The fourth-order valence-corrected chi connectivity index (χ4v) is 5.16. The molecular formula is C28H29Cl2N3O3. The van der Waals surface area contributed by atoms with Crippen LogP contribution >= 0.6 is 23.2 Å². The van der Waals surface area contributed by atoms with Gasteiger partial charge in [0.1, 0.15) is 16.9 Å². The number of aromatic nitrogens is 1. The van der Waals surface area contributed by atoms with E-state index in [1.807, 2.05) is 57.3 Å². The summed E-state index contributed by atoms with van der Waals surface area (Å²) in [7, 11) is 0. The van der Waals surface area contributed by atoms with E-state index in [0.29, 0.717) is 16.6 Å². The molecule has 1 aliphatic rings. The predicted molar refractivity (Wildman–Crippen MR) is 145 cm³/mol. The van der Waals surface area contributed by atoms with Crippen molar-refractivity contribution in [1.29, 1.82) is 0 Å². The zero-order chi connectivity index (χ0) is 25.4. The lowest BCUT2D eigenvalue weighted by Crippen LogP contribution is -2.45. The van der Waals surface area contributed by atoms with Crippen molar-refractivity contribution in [3.8, 4) is 11.3 Å². The normalized spacial score (nSPS) is 15.5. The van der Waals surface area contributed by atoms with E-state index in [2.05, 4.69) is 21.3 Å². The number of pyridine rings is 1. The van der Waals surface area contributed by atoms with Crippen molar-refractivity contribution in [3.05, 3.63) is 64.4 Å². The van der Waals surface area contributed by atoms with E-state index in [-0.39, 0.29) is 12.1 Å². The Hall–Kier alpha value is -2.80. The van der Waals surface area contributed by atoms with E-state index >= 15 is 0 Å². The standard InChI is InChI=1S/C28H29Cl2N3O3/c1-28(2,3)36-27(34)32-19-8-10-33(11-9-19)16-18-12-20-21(14-31-15-22(20)26(30)25(18)29)24-13-17-6-4-5-7-23(17)35-24/h4-7,12-15,19H,8-11,16H2,1-3H3,(H,32,34). The molecule has 1 saturated heterocycles. The molecule has 2 aromatic carbocycles. The van der Waals surface area contributed by atoms with Crippen molar-refractivity contribution in [1.82, 2.24) is 15.2 Å². The van der Waals surface area contributed by atoms with Crippen LogP contribution in [-0.4, -0.2) is 40.7 Å². The number of carbonyl (C=O) groups is 1. The molecule has 0 spiro atoms. The molecule has 8 heteroatoms. The topological polar surface area (TPSA) is 67.6 Å². The predicted octanol–water partition coefficient (Wildman–Crippen LogP) is 7.44. The molecule has 1 fully saturated rings. The molecule has 5 rings (SSSR count). The number of furan rings is 1. The van der Waals surface area contributed by atoms with Gasteiger partial charge in [-0.2, -0.15) is 0 Å². The van der Waals surface area contributed by atoms with E-state index in [1.165, 1.54) is 0 Å². The molecule has 1 amide bonds. The molecule has 0 bridgehead atoms. The average molecular weight is 526 g/mol. The number of alkyl carbamates (subject to hydrolysis) is 1. The van der Waals surface area contributed by atoms with Crippen molar-refractivity contribution < 1.29 is 13.9 Å². The van der Waals surface area contributed by atoms with Gasteiger partial charge in [0.15, 0.2) is 0 Å². The van der Waals surface area contributed by atoms with Crippen molar-refractivity contribution in [2.45, 2.75) is 51.8 Å². The number of hydrogen-bond acceptors (Lipinski definition) is 5. The summed E-state index contributed by atoms with van der Waals surface area (Å²) in [6.45, 7) is 7.92. The molecule has 0 atom stereocenters. The lowest BCUT2D eigenvalue weighted by Gasteiger charge is -2.33. The maximum Gasteiger partial charge on any atom is 0.407 e. The summed E-state index contributed by atoms with van der Waals surface area (Å²) in [6.07, 6.45) is 4.87. The number of benzene rings is 2. The number of likely N-dealkylation sites (tertiary alicyclic amines) is 1. The largest absolute Gasteiger partial charge is 0.456 e. The highest BCUT2D eigenvalue weighted by atomic mass is 35.5. The molecule has 0 saturated carbocycles. The molecule has 1 N–H and O–H groups in total. The summed E-state index contributed by atoms with van der Waals surface area (Å²) in [5.41, 5.74) is 2.15. The third-order valence-corrected chi connectivity index (χ3v) is 7.33. The van der Waals surface area contributed by atoms with E-state index in [0.717, 1.165) is 64.6 Å². The monoisotopic (exact) mass is 525 g/mol. The van der Waals surface area contributed by atoms with E-state index in [4.69, 9.17) is 32.4 Å². The highest BCUT2D eigenvalue weighted by molar-refractivity contribution is 6.46. The van der Waals surface area contributed by atoms with Gasteiger partial charge in [-0.25, -0.2) is 4.79 Å². The fraction of sp³-hybridized carbons (Fsp3) is 0.357. The van der Waals surface area contributed by atoms with E-state index in [1.54, 1.807) is 6.20 Å². The first kappa shape index (κ1) is 24.9. The van der Waals surface area contributed by atoms with Crippen LogP contribution in [0, 0.1) is 0 Å². The number of halogens is 2. The van der Waals surface area contributed by atoms with Gasteiger partial charge in [-0.3, -0.25) is 9.88 Å². The van der Waals surface area contributed by atoms with Crippen molar-refractivity contribution in [2.75, 3.05) is 13.1 Å². The molecule has 188 valence electrons. The van der Waals surface area contributed by atoms with E-state index in [9.17, 15) is 4.79 Å². The first-order valence-electron chi connectivity index (χ1n) is 12.1. The SMILES string of the molecule is CC(C)(C)OC(=O)NC1CCN(Cc2cc3c(-c4cc5ccccc5o4)cncc3c(Cl)c2Cl)CC1. The second-order valence-corrected chi connectivity index (χ2v) is 11.0. The van der Waals surface area contributed by atoms with Gasteiger partial charge >= 0.3 is 6.09 Å². The number of carbonyl (C=O) groups excluding carboxylic acids is 1. The van der Waals surface area contributed by atoms with Gasteiger partial charge in [-0.05, 0) is 62.8 Å². The highest BCUT2D eigenvalue weighted by Gasteiger charge is 2.25. The minimum Gasteiger partial charge on any atom is -0.456 e. The van der Waals surface area contributed by atoms with Gasteiger partial charge in [0, 0.05) is 54.4 Å². The number of nitrogens with zero attached hydrogens (tertiary/aromatic N) is 2. The molecule has 0 unspecified atom stereocenters. The maximum atomic E-state index is 12.1. The summed E-state index contributed by atoms with van der Waals surface area (Å²) in [5.74, 6) is 0.743. The molecule has 6 nitrogen and oxygen atoms in total. The van der Waals surface area contributed by atoms with Gasteiger partial charge in [0.05, 0.1) is 10.0 Å². The van der Waals surface area contributed by atoms with Gasteiger partial charge in [0.25, 0.3) is 0 Å². The maximum absolute atomic E-state index is 12.1. The Morgan fingerprint density at radius 3 is 2.58 bits per heavy atom. The minimum absolute atomic E-state index is 0.0949. The number of para-hydroxylation sites is 1. The van der Waals surface area contributed by atoms with Crippen molar-refractivity contribution in [3.63, 3.8) is 0 Å². The fourth-order valence-electron chi connectivity index (χ4n) is 4.67. The summed E-state index contributed by atoms with van der Waals surface area (Å²) < 4.78 is 11.5. The van der Waals surface area contributed by atoms with Crippen LogP contribution in [0.25, 0.3) is 33.1 Å². The van der Waals surface area contributed by atoms with Crippen LogP contribution in [0.4, 0.5) is 4.79 Å². The summed E-state index contributed by atoms with van der Waals surface area (Å²) >= 11 is 13.5. The quantitative estimate of drug-likeness (QED) is 0.299. The Kier molecular flexibility index (Phi) is 6.86. The van der Waals surface area contributed by atoms with Crippen LogP contribution in [0.3, 0.4) is 0 Å². The Bertz CT molecular complexity index is 1390. The van der Waals surface area contributed by atoms with Gasteiger partial charge < -0.3 is 14.5 Å². The first-order chi connectivity index (χ1) is 17.2.